The third kappa shape index (κ3) is 5.51. The van der Waals surface area contributed by atoms with Crippen molar-refractivity contribution < 1.29 is 23.1 Å². The molecule has 23 heavy (non-hydrogen) atoms. The first-order valence-corrected chi connectivity index (χ1v) is 7.64. The maximum atomic E-state index is 12.5. The van der Waals surface area contributed by atoms with Crippen LogP contribution in [0.2, 0.25) is 0 Å². The smallest absolute Gasteiger partial charge is 0.383 e. The van der Waals surface area contributed by atoms with Gasteiger partial charge >= 0.3 is 6.18 Å². The molecule has 2 N–H and O–H groups in total. The van der Waals surface area contributed by atoms with E-state index in [9.17, 15) is 23.1 Å². The summed E-state index contributed by atoms with van der Waals surface area (Å²) in [6.45, 7) is 1.37. The Labute approximate surface area is 133 Å². The van der Waals surface area contributed by atoms with Gasteiger partial charge < -0.3 is 10.4 Å². The van der Waals surface area contributed by atoms with Crippen LogP contribution in [0.3, 0.4) is 0 Å². The number of carbonyl (C=O) groups is 1. The molecule has 2 rings (SSSR count). The van der Waals surface area contributed by atoms with E-state index in [0.717, 1.165) is 5.56 Å². The lowest BCUT2D eigenvalue weighted by Crippen LogP contribution is -2.46. The molecule has 0 radical (unpaired) electrons. The van der Waals surface area contributed by atoms with Gasteiger partial charge in [0.05, 0.1) is 6.54 Å². The van der Waals surface area contributed by atoms with E-state index in [-0.39, 0.29) is 25.3 Å². The summed E-state index contributed by atoms with van der Waals surface area (Å²) in [6, 6.07) is 9.48. The molecule has 7 heteroatoms. The van der Waals surface area contributed by atoms with Crippen LogP contribution in [0.25, 0.3) is 0 Å². The van der Waals surface area contributed by atoms with E-state index >= 15 is 0 Å². The number of alkyl halides is 3. The van der Waals surface area contributed by atoms with Crippen LogP contribution in [0.5, 0.6) is 0 Å². The number of hydrogen-bond acceptors (Lipinski definition) is 3. The van der Waals surface area contributed by atoms with E-state index < -0.39 is 18.2 Å². The highest BCUT2D eigenvalue weighted by molar-refractivity contribution is 5.78. The van der Waals surface area contributed by atoms with Gasteiger partial charge in [0.15, 0.2) is 6.10 Å². The summed E-state index contributed by atoms with van der Waals surface area (Å²) in [6.07, 6.45) is -6.35. The number of nitrogens with one attached hydrogen (secondary N) is 1. The topological polar surface area (TPSA) is 52.6 Å². The third-order valence-corrected chi connectivity index (χ3v) is 4.11. The van der Waals surface area contributed by atoms with Gasteiger partial charge in [0.25, 0.3) is 0 Å². The van der Waals surface area contributed by atoms with Crippen LogP contribution in [-0.4, -0.2) is 47.8 Å². The molecular formula is C16H21F3N2O2. The molecule has 128 valence electrons. The number of benzene rings is 1. The predicted octanol–water partition coefficient (Wildman–Crippen LogP) is 1.94. The minimum Gasteiger partial charge on any atom is -0.383 e. The average molecular weight is 330 g/mol. The normalized spacial score (nSPS) is 18.6. The first kappa shape index (κ1) is 17.7. The first-order valence-electron chi connectivity index (χ1n) is 7.64. The number of rotatable bonds is 5. The number of hydrogen-bond donors (Lipinski definition) is 2. The van der Waals surface area contributed by atoms with Crippen molar-refractivity contribution in [2.24, 2.45) is 5.92 Å². The van der Waals surface area contributed by atoms with Crippen LogP contribution >= 0.6 is 0 Å². The van der Waals surface area contributed by atoms with Gasteiger partial charge in [-0.3, -0.25) is 9.69 Å². The largest absolute Gasteiger partial charge is 0.414 e. The van der Waals surface area contributed by atoms with E-state index in [1.807, 2.05) is 35.2 Å². The van der Waals surface area contributed by atoms with Crippen LogP contribution in [0.4, 0.5) is 13.2 Å². The van der Waals surface area contributed by atoms with E-state index in [2.05, 4.69) is 5.32 Å². The molecule has 0 saturated carbocycles. The fourth-order valence-corrected chi connectivity index (χ4v) is 2.75. The molecule has 1 atom stereocenters. The molecule has 1 saturated heterocycles. The lowest BCUT2D eigenvalue weighted by molar-refractivity contribution is -0.223. The minimum absolute atomic E-state index is 0.149. The van der Waals surface area contributed by atoms with Crippen molar-refractivity contribution in [1.82, 2.24) is 10.2 Å². The summed E-state index contributed by atoms with van der Waals surface area (Å²) >= 11 is 0. The Kier molecular flexibility index (Phi) is 6.01. The summed E-state index contributed by atoms with van der Waals surface area (Å²) in [4.78, 5) is 13.7. The highest BCUT2D eigenvalue weighted by Crippen LogP contribution is 2.31. The maximum absolute atomic E-state index is 12.5. The highest BCUT2D eigenvalue weighted by atomic mass is 19.4. The van der Waals surface area contributed by atoms with Gasteiger partial charge in [-0.2, -0.15) is 13.2 Å². The number of aliphatic hydroxyl groups excluding tert-OH is 1. The van der Waals surface area contributed by atoms with Crippen LogP contribution in [-0.2, 0) is 11.3 Å². The van der Waals surface area contributed by atoms with Crippen molar-refractivity contribution >= 4 is 5.91 Å². The van der Waals surface area contributed by atoms with Gasteiger partial charge in [-0.1, -0.05) is 30.3 Å². The van der Waals surface area contributed by atoms with Crippen molar-refractivity contribution in [2.45, 2.75) is 31.7 Å². The van der Waals surface area contributed by atoms with Crippen molar-refractivity contribution in [3.8, 4) is 0 Å². The van der Waals surface area contributed by atoms with Crippen molar-refractivity contribution in [2.75, 3.05) is 19.6 Å². The molecule has 1 aromatic carbocycles. The number of aliphatic hydroxyl groups is 1. The highest BCUT2D eigenvalue weighted by Gasteiger charge is 2.44. The minimum atomic E-state index is -4.57. The molecule has 1 aliphatic heterocycles. The second kappa shape index (κ2) is 7.79. The number of amides is 1. The molecule has 1 fully saturated rings. The molecule has 1 aromatic rings. The van der Waals surface area contributed by atoms with Gasteiger partial charge in [-0.25, -0.2) is 0 Å². The fourth-order valence-electron chi connectivity index (χ4n) is 2.75. The molecule has 1 amide bonds. The zero-order valence-electron chi connectivity index (χ0n) is 12.7. The van der Waals surface area contributed by atoms with E-state index in [0.29, 0.717) is 19.6 Å². The van der Waals surface area contributed by atoms with Crippen molar-refractivity contribution in [3.05, 3.63) is 35.9 Å². The monoisotopic (exact) mass is 330 g/mol. The Bertz CT molecular complexity index is 500. The van der Waals surface area contributed by atoms with Gasteiger partial charge in [0.1, 0.15) is 0 Å². The Morgan fingerprint density at radius 3 is 2.43 bits per heavy atom. The Balaban J connectivity index is 1.70. The van der Waals surface area contributed by atoms with Gasteiger partial charge in [0.2, 0.25) is 5.91 Å². The van der Waals surface area contributed by atoms with Crippen LogP contribution < -0.4 is 5.32 Å². The summed E-state index contributed by atoms with van der Waals surface area (Å²) in [7, 11) is 0. The summed E-state index contributed by atoms with van der Waals surface area (Å²) in [5.41, 5.74) is 0.993. The molecule has 4 nitrogen and oxygen atoms in total. The molecule has 1 heterocycles. The second-order valence-corrected chi connectivity index (χ2v) is 5.86. The number of likely N-dealkylation sites (tertiary alicyclic amines) is 1. The SMILES string of the molecule is O=C(CN1CCC(C(O)C(F)(F)F)CC1)NCc1ccccc1. The average Bonchev–Trinajstić information content (AvgIpc) is 2.53. The van der Waals surface area contributed by atoms with Crippen molar-refractivity contribution in [1.29, 1.82) is 0 Å². The number of nitrogens with zero attached hydrogens (tertiary/aromatic N) is 1. The molecule has 0 spiro atoms. The summed E-state index contributed by atoms with van der Waals surface area (Å²) in [5.74, 6) is -0.928. The number of halogens is 3. The van der Waals surface area contributed by atoms with Crippen LogP contribution in [0.1, 0.15) is 18.4 Å². The molecule has 0 aromatic heterocycles. The maximum Gasteiger partial charge on any atom is 0.414 e. The molecular weight excluding hydrogens is 309 g/mol. The predicted molar refractivity (Wildman–Crippen MR) is 79.5 cm³/mol. The van der Waals surface area contributed by atoms with Crippen LogP contribution in [0.15, 0.2) is 30.3 Å². The molecule has 1 unspecified atom stereocenters. The standard InChI is InChI=1S/C16H21F3N2O2/c17-16(18,19)15(23)13-6-8-21(9-7-13)11-14(22)20-10-12-4-2-1-3-5-12/h1-5,13,15,23H,6-11H2,(H,20,22). The Morgan fingerprint density at radius 2 is 1.87 bits per heavy atom. The zero-order chi connectivity index (χ0) is 16.9. The number of piperidine rings is 1. The van der Waals surface area contributed by atoms with E-state index in [1.165, 1.54) is 0 Å². The lowest BCUT2D eigenvalue weighted by Gasteiger charge is -2.34. The molecule has 0 aliphatic carbocycles. The van der Waals surface area contributed by atoms with Gasteiger partial charge in [0, 0.05) is 6.54 Å². The van der Waals surface area contributed by atoms with Gasteiger partial charge in [-0.15, -0.1) is 0 Å². The second-order valence-electron chi connectivity index (χ2n) is 5.86. The Morgan fingerprint density at radius 1 is 1.26 bits per heavy atom. The van der Waals surface area contributed by atoms with Crippen molar-refractivity contribution in [3.63, 3.8) is 0 Å². The summed E-state index contributed by atoms with van der Waals surface area (Å²) in [5, 5.41) is 12.1. The molecule has 0 bridgehead atoms. The van der Waals surface area contributed by atoms with E-state index in [1.54, 1.807) is 0 Å². The first-order chi connectivity index (χ1) is 10.9. The fraction of sp³-hybridized carbons (Fsp3) is 0.562. The number of carbonyl (C=O) groups excluding carboxylic acids is 1. The van der Waals surface area contributed by atoms with Crippen LogP contribution in [0, 0.1) is 5.92 Å². The van der Waals surface area contributed by atoms with E-state index in [4.69, 9.17) is 0 Å². The zero-order valence-corrected chi connectivity index (χ0v) is 12.7. The Hall–Kier alpha value is -1.60. The summed E-state index contributed by atoms with van der Waals surface area (Å²) < 4.78 is 37.4. The lowest BCUT2D eigenvalue weighted by atomic mass is 9.91. The quantitative estimate of drug-likeness (QED) is 0.867. The third-order valence-electron chi connectivity index (χ3n) is 4.11. The van der Waals surface area contributed by atoms with Gasteiger partial charge in [-0.05, 0) is 37.4 Å². The molecule has 1 aliphatic rings.